The Morgan fingerprint density at radius 3 is 1.64 bits per heavy atom. The van der Waals surface area contributed by atoms with Gasteiger partial charge in [-0.1, -0.05) is 67.5 Å². The molecular weight excluding hydrogens is 332 g/mol. The van der Waals surface area contributed by atoms with E-state index in [2.05, 4.69) is 23.8 Å². The smallest absolute Gasteiger partial charge is 0.200 e. The normalized spacial score (nSPS) is 13.4. The van der Waals surface area contributed by atoms with Gasteiger partial charge in [-0.15, -0.1) is 0 Å². The highest BCUT2D eigenvalue weighted by molar-refractivity contribution is 7.89. The molecule has 0 atom stereocenters. The van der Waals surface area contributed by atoms with Crippen LogP contribution in [0.25, 0.3) is 0 Å². The largest absolute Gasteiger partial charge is 0.277 e. The maximum Gasteiger partial charge on any atom is 0.277 e. The van der Waals surface area contributed by atoms with E-state index in [-0.39, 0.29) is 17.8 Å². The summed E-state index contributed by atoms with van der Waals surface area (Å²) in [6, 6.07) is 4.07. The Morgan fingerprint density at radius 1 is 0.880 bits per heavy atom. The van der Waals surface area contributed by atoms with Gasteiger partial charge in [-0.05, 0) is 47.3 Å². The third-order valence-corrected chi connectivity index (χ3v) is 5.87. The first-order chi connectivity index (χ1) is 11.4. The lowest BCUT2D eigenvalue weighted by Gasteiger charge is -2.22. The summed E-state index contributed by atoms with van der Waals surface area (Å²) in [6.07, 6.45) is 0. The van der Waals surface area contributed by atoms with Gasteiger partial charge in [0.05, 0.1) is 4.90 Å². The van der Waals surface area contributed by atoms with E-state index in [0.717, 1.165) is 16.8 Å². The molecule has 142 valence electrons. The summed E-state index contributed by atoms with van der Waals surface area (Å²) in [5, 5.41) is 4.11. The van der Waals surface area contributed by atoms with Gasteiger partial charge >= 0.3 is 0 Å². The monoisotopic (exact) mass is 366 g/mol. The van der Waals surface area contributed by atoms with Gasteiger partial charge in [0.25, 0.3) is 10.0 Å². The fourth-order valence-corrected chi connectivity index (χ4v) is 4.07. The number of hydrogen-bond acceptors (Lipinski definition) is 3. The lowest BCUT2D eigenvalue weighted by molar-refractivity contribution is 0.578. The van der Waals surface area contributed by atoms with Crippen LogP contribution in [0.5, 0.6) is 0 Å². The van der Waals surface area contributed by atoms with E-state index in [0.29, 0.717) is 10.8 Å². The Morgan fingerprint density at radius 2 is 1.32 bits per heavy atom. The lowest BCUT2D eigenvalue weighted by atomic mass is 9.89. The van der Waals surface area contributed by atoms with Gasteiger partial charge in [-0.25, -0.2) is 4.83 Å². The minimum atomic E-state index is -3.72. The molecule has 0 radical (unpaired) electrons. The predicted octanol–water partition coefficient (Wildman–Crippen LogP) is 5.37. The van der Waals surface area contributed by atoms with Gasteiger partial charge in [0, 0.05) is 5.71 Å². The molecule has 5 heteroatoms. The van der Waals surface area contributed by atoms with Crippen LogP contribution in [0.3, 0.4) is 0 Å². The predicted molar refractivity (Wildman–Crippen MR) is 107 cm³/mol. The van der Waals surface area contributed by atoms with Crippen LogP contribution in [0, 0.1) is 5.92 Å². The number of hydrogen-bond donors (Lipinski definition) is 1. The van der Waals surface area contributed by atoms with Crippen LogP contribution in [-0.2, 0) is 10.0 Å². The zero-order valence-electron chi connectivity index (χ0n) is 17.1. The maximum atomic E-state index is 13.1. The van der Waals surface area contributed by atoms with Crippen LogP contribution in [0.15, 0.2) is 22.1 Å². The van der Waals surface area contributed by atoms with Crippen molar-refractivity contribution in [1.82, 2.24) is 4.83 Å². The van der Waals surface area contributed by atoms with Gasteiger partial charge in [0.1, 0.15) is 0 Å². The van der Waals surface area contributed by atoms with Gasteiger partial charge in [-0.2, -0.15) is 13.5 Å². The molecular formula is C20H34N2O2S. The summed E-state index contributed by atoms with van der Waals surface area (Å²) in [7, 11) is -3.72. The topological polar surface area (TPSA) is 58.5 Å². The van der Waals surface area contributed by atoms with Crippen molar-refractivity contribution in [2.75, 3.05) is 0 Å². The Balaban J connectivity index is 3.63. The molecule has 0 saturated carbocycles. The summed E-state index contributed by atoms with van der Waals surface area (Å²) in [5.41, 5.74) is 3.66. The van der Waals surface area contributed by atoms with E-state index in [9.17, 15) is 8.42 Å². The third-order valence-electron chi connectivity index (χ3n) is 4.53. The van der Waals surface area contributed by atoms with E-state index < -0.39 is 10.0 Å². The van der Waals surface area contributed by atoms with Crippen molar-refractivity contribution in [1.29, 1.82) is 0 Å². The molecule has 4 nitrogen and oxygen atoms in total. The number of rotatable bonds is 7. The SMILES string of the molecule is CC(=NNS(=O)(=O)c1c(C(C)C)cc(C(C)C)cc1C(C)C)C(C)C. The second-order valence-electron chi connectivity index (χ2n) is 8.00. The van der Waals surface area contributed by atoms with Gasteiger partial charge in [0.15, 0.2) is 0 Å². The van der Waals surface area contributed by atoms with Crippen molar-refractivity contribution in [2.45, 2.75) is 85.0 Å². The van der Waals surface area contributed by atoms with Crippen LogP contribution in [0.2, 0.25) is 0 Å². The quantitative estimate of drug-likeness (QED) is 0.521. The van der Waals surface area contributed by atoms with Crippen molar-refractivity contribution in [2.24, 2.45) is 11.0 Å². The van der Waals surface area contributed by atoms with Crippen LogP contribution in [0.1, 0.15) is 96.8 Å². The highest BCUT2D eigenvalue weighted by Gasteiger charge is 2.26. The Labute approximate surface area is 154 Å². The van der Waals surface area contributed by atoms with Crippen LogP contribution >= 0.6 is 0 Å². The summed E-state index contributed by atoms with van der Waals surface area (Å²) in [6.45, 7) is 18.2. The summed E-state index contributed by atoms with van der Waals surface area (Å²) < 4.78 is 26.1. The third kappa shape index (κ3) is 5.30. The van der Waals surface area contributed by atoms with Gasteiger partial charge in [-0.3, -0.25) is 0 Å². The molecule has 0 aliphatic rings. The summed E-state index contributed by atoms with van der Waals surface area (Å²) in [5.74, 6) is 0.761. The second-order valence-corrected chi connectivity index (χ2v) is 9.59. The molecule has 0 aliphatic heterocycles. The summed E-state index contributed by atoms with van der Waals surface area (Å²) >= 11 is 0. The molecule has 1 aromatic carbocycles. The first-order valence-corrected chi connectivity index (χ1v) is 10.6. The molecule has 25 heavy (non-hydrogen) atoms. The average molecular weight is 367 g/mol. The number of nitrogens with one attached hydrogen (secondary N) is 1. The molecule has 0 saturated heterocycles. The number of benzene rings is 1. The molecule has 1 N–H and O–H groups in total. The number of sulfonamides is 1. The fraction of sp³-hybridized carbons (Fsp3) is 0.650. The molecule has 0 heterocycles. The first-order valence-electron chi connectivity index (χ1n) is 9.12. The zero-order chi connectivity index (χ0) is 19.5. The van der Waals surface area contributed by atoms with E-state index in [1.807, 2.05) is 60.6 Å². The first kappa shape index (κ1) is 21.7. The zero-order valence-corrected chi connectivity index (χ0v) is 18.0. The number of hydrazone groups is 1. The minimum absolute atomic E-state index is 0.109. The molecule has 0 fully saturated rings. The number of nitrogens with zero attached hydrogens (tertiary/aromatic N) is 1. The van der Waals surface area contributed by atoms with Crippen LogP contribution in [-0.4, -0.2) is 14.1 Å². The lowest BCUT2D eigenvalue weighted by Crippen LogP contribution is -2.24. The fourth-order valence-electron chi connectivity index (χ4n) is 2.51. The molecule has 0 aliphatic carbocycles. The van der Waals surface area contributed by atoms with Crippen molar-refractivity contribution in [3.05, 3.63) is 28.8 Å². The van der Waals surface area contributed by atoms with Gasteiger partial charge < -0.3 is 0 Å². The Kier molecular flexibility index (Phi) is 7.24. The maximum absolute atomic E-state index is 13.1. The highest BCUT2D eigenvalue weighted by atomic mass is 32.2. The average Bonchev–Trinajstić information content (AvgIpc) is 2.50. The van der Waals surface area contributed by atoms with E-state index in [4.69, 9.17) is 0 Å². The van der Waals surface area contributed by atoms with E-state index >= 15 is 0 Å². The molecule has 0 spiro atoms. The molecule has 0 amide bonds. The van der Waals surface area contributed by atoms with Crippen molar-refractivity contribution in [3.8, 4) is 0 Å². The Bertz CT molecular complexity index is 701. The molecule has 0 bridgehead atoms. The highest BCUT2D eigenvalue weighted by Crippen LogP contribution is 2.35. The van der Waals surface area contributed by atoms with Crippen LogP contribution < -0.4 is 4.83 Å². The van der Waals surface area contributed by atoms with Crippen LogP contribution in [0.4, 0.5) is 0 Å². The minimum Gasteiger partial charge on any atom is -0.200 e. The van der Waals surface area contributed by atoms with Crippen molar-refractivity contribution >= 4 is 15.7 Å². The van der Waals surface area contributed by atoms with Crippen molar-refractivity contribution < 1.29 is 8.42 Å². The van der Waals surface area contributed by atoms with Gasteiger partial charge in [0.2, 0.25) is 0 Å². The summed E-state index contributed by atoms with van der Waals surface area (Å²) in [4.78, 5) is 2.85. The van der Waals surface area contributed by atoms with E-state index in [1.54, 1.807) is 0 Å². The molecule has 0 aromatic heterocycles. The molecule has 1 rings (SSSR count). The van der Waals surface area contributed by atoms with Crippen molar-refractivity contribution in [3.63, 3.8) is 0 Å². The van der Waals surface area contributed by atoms with E-state index in [1.165, 1.54) is 5.56 Å². The molecule has 0 unspecified atom stereocenters. The second kappa shape index (κ2) is 8.35. The standard InChI is InChI=1S/C20H34N2O2S/c1-12(2)16(9)21-22-25(23,24)20-18(14(5)6)10-17(13(3)4)11-19(20)15(7)8/h10-15,22H,1-9H3. The molecule has 1 aromatic rings. The Hall–Kier alpha value is -1.36.